The van der Waals surface area contributed by atoms with Gasteiger partial charge in [0, 0.05) is 5.41 Å². The molecule has 2 N–H and O–H groups in total. The number of hydrogen-bond acceptors (Lipinski definition) is 3. The Morgan fingerprint density at radius 1 is 1.47 bits per heavy atom. The van der Waals surface area contributed by atoms with Gasteiger partial charge in [0.25, 0.3) is 0 Å². The predicted octanol–water partition coefficient (Wildman–Crippen LogP) is 2.16. The van der Waals surface area contributed by atoms with Crippen LogP contribution < -0.4 is 10.5 Å². The summed E-state index contributed by atoms with van der Waals surface area (Å²) >= 11 is 0. The van der Waals surface area contributed by atoms with Crippen LogP contribution in [0.25, 0.3) is 0 Å². The van der Waals surface area contributed by atoms with E-state index < -0.39 is 0 Å². The summed E-state index contributed by atoms with van der Waals surface area (Å²) in [6.45, 7) is 4.64. The molecule has 17 heavy (non-hydrogen) atoms. The molecule has 1 unspecified atom stereocenters. The minimum Gasteiger partial charge on any atom is -0.497 e. The van der Waals surface area contributed by atoms with E-state index >= 15 is 0 Å². The lowest BCUT2D eigenvalue weighted by Gasteiger charge is -2.40. The average Bonchev–Trinajstić information content (AvgIpc) is 2.34. The molecular formula is C14H21NO2. The fourth-order valence-electron chi connectivity index (χ4n) is 2.40. The lowest BCUT2D eigenvalue weighted by Crippen LogP contribution is -2.41. The zero-order valence-corrected chi connectivity index (χ0v) is 10.6. The van der Waals surface area contributed by atoms with Gasteiger partial charge in [-0.25, -0.2) is 0 Å². The molecule has 0 saturated carbocycles. The Balaban J connectivity index is 2.10. The van der Waals surface area contributed by atoms with Crippen molar-refractivity contribution in [3.63, 3.8) is 0 Å². The van der Waals surface area contributed by atoms with Crippen molar-refractivity contribution < 1.29 is 9.47 Å². The Hall–Kier alpha value is -1.06. The van der Waals surface area contributed by atoms with Gasteiger partial charge in [0.2, 0.25) is 0 Å². The second-order valence-electron chi connectivity index (χ2n) is 5.22. The van der Waals surface area contributed by atoms with E-state index in [0.29, 0.717) is 17.9 Å². The lowest BCUT2D eigenvalue weighted by atomic mass is 9.77. The molecule has 1 saturated heterocycles. The van der Waals surface area contributed by atoms with Crippen LogP contribution in [0.1, 0.15) is 24.8 Å². The summed E-state index contributed by atoms with van der Waals surface area (Å²) in [4.78, 5) is 0. The van der Waals surface area contributed by atoms with Gasteiger partial charge in [-0.1, -0.05) is 19.1 Å². The van der Waals surface area contributed by atoms with Gasteiger partial charge in [-0.05, 0) is 36.6 Å². The van der Waals surface area contributed by atoms with Crippen LogP contribution in [0.15, 0.2) is 24.3 Å². The van der Waals surface area contributed by atoms with Gasteiger partial charge >= 0.3 is 0 Å². The second-order valence-corrected chi connectivity index (χ2v) is 5.22. The van der Waals surface area contributed by atoms with Crippen molar-refractivity contribution in [2.75, 3.05) is 26.9 Å². The maximum absolute atomic E-state index is 5.90. The van der Waals surface area contributed by atoms with E-state index in [4.69, 9.17) is 15.2 Å². The van der Waals surface area contributed by atoms with E-state index in [-0.39, 0.29) is 0 Å². The van der Waals surface area contributed by atoms with Crippen LogP contribution >= 0.6 is 0 Å². The summed E-state index contributed by atoms with van der Waals surface area (Å²) in [5.74, 6) is 1.29. The molecule has 1 aliphatic rings. The minimum atomic E-state index is 0.299. The normalized spacial score (nSPS) is 19.5. The SMILES string of the molecule is COc1cccc(C(CN)CC2(C)COC2)c1. The Labute approximate surface area is 103 Å². The third-order valence-corrected chi connectivity index (χ3v) is 3.49. The first-order chi connectivity index (χ1) is 8.17. The monoisotopic (exact) mass is 235 g/mol. The maximum Gasteiger partial charge on any atom is 0.119 e. The van der Waals surface area contributed by atoms with Crippen LogP contribution in [-0.4, -0.2) is 26.9 Å². The van der Waals surface area contributed by atoms with Crippen molar-refractivity contribution in [2.24, 2.45) is 11.1 Å². The summed E-state index contributed by atoms with van der Waals surface area (Å²) in [6.07, 6.45) is 1.08. The summed E-state index contributed by atoms with van der Waals surface area (Å²) in [6, 6.07) is 8.20. The number of nitrogens with two attached hydrogens (primary N) is 1. The molecular weight excluding hydrogens is 214 g/mol. The van der Waals surface area contributed by atoms with Crippen LogP contribution in [0.3, 0.4) is 0 Å². The summed E-state index contributed by atoms with van der Waals surface area (Å²) in [7, 11) is 1.69. The molecule has 3 nitrogen and oxygen atoms in total. The van der Waals surface area contributed by atoms with Gasteiger partial charge in [-0.3, -0.25) is 0 Å². The Morgan fingerprint density at radius 2 is 2.24 bits per heavy atom. The highest BCUT2D eigenvalue weighted by Gasteiger charge is 2.35. The first kappa shape index (κ1) is 12.4. The number of ether oxygens (including phenoxy) is 2. The van der Waals surface area contributed by atoms with Crippen molar-refractivity contribution >= 4 is 0 Å². The van der Waals surface area contributed by atoms with Gasteiger partial charge in [0.05, 0.1) is 20.3 Å². The maximum atomic E-state index is 5.90. The molecule has 1 heterocycles. The number of benzene rings is 1. The van der Waals surface area contributed by atoms with E-state index in [0.717, 1.165) is 25.4 Å². The van der Waals surface area contributed by atoms with Crippen molar-refractivity contribution in [3.05, 3.63) is 29.8 Å². The smallest absolute Gasteiger partial charge is 0.119 e. The zero-order valence-electron chi connectivity index (χ0n) is 10.6. The van der Waals surface area contributed by atoms with Gasteiger partial charge in [-0.2, -0.15) is 0 Å². The fraction of sp³-hybridized carbons (Fsp3) is 0.571. The third-order valence-electron chi connectivity index (χ3n) is 3.49. The topological polar surface area (TPSA) is 44.5 Å². The highest BCUT2D eigenvalue weighted by molar-refractivity contribution is 5.31. The van der Waals surface area contributed by atoms with E-state index in [1.165, 1.54) is 5.56 Å². The second kappa shape index (κ2) is 5.07. The highest BCUT2D eigenvalue weighted by Crippen LogP contribution is 2.37. The van der Waals surface area contributed by atoms with Gasteiger partial charge < -0.3 is 15.2 Å². The molecule has 0 aliphatic carbocycles. The molecule has 94 valence electrons. The molecule has 0 radical (unpaired) electrons. The minimum absolute atomic E-state index is 0.299. The quantitative estimate of drug-likeness (QED) is 0.850. The van der Waals surface area contributed by atoms with Crippen LogP contribution in [0, 0.1) is 5.41 Å². The van der Waals surface area contributed by atoms with Gasteiger partial charge in [0.1, 0.15) is 5.75 Å². The molecule has 0 aromatic heterocycles. The molecule has 0 bridgehead atoms. The Morgan fingerprint density at radius 3 is 2.76 bits per heavy atom. The summed E-state index contributed by atoms with van der Waals surface area (Å²) < 4.78 is 10.6. The first-order valence-electron chi connectivity index (χ1n) is 6.09. The largest absolute Gasteiger partial charge is 0.497 e. The van der Waals surface area contributed by atoms with Gasteiger partial charge in [0.15, 0.2) is 0 Å². The molecule has 2 rings (SSSR count). The highest BCUT2D eigenvalue weighted by atomic mass is 16.5. The van der Waals surface area contributed by atoms with Crippen LogP contribution in [0.4, 0.5) is 0 Å². The molecule has 0 spiro atoms. The number of hydrogen-bond donors (Lipinski definition) is 1. The van der Waals surface area contributed by atoms with Crippen molar-refractivity contribution in [2.45, 2.75) is 19.3 Å². The standard InChI is InChI=1S/C14H21NO2/c1-14(9-17-10-14)7-12(8-15)11-4-3-5-13(6-11)16-2/h3-6,12H,7-10,15H2,1-2H3. The molecule has 1 atom stereocenters. The molecule has 1 aliphatic heterocycles. The van der Waals surface area contributed by atoms with Crippen LogP contribution in [0.2, 0.25) is 0 Å². The van der Waals surface area contributed by atoms with Crippen LogP contribution in [0.5, 0.6) is 5.75 Å². The fourth-order valence-corrected chi connectivity index (χ4v) is 2.40. The van der Waals surface area contributed by atoms with E-state index in [2.05, 4.69) is 19.1 Å². The van der Waals surface area contributed by atoms with Crippen LogP contribution in [-0.2, 0) is 4.74 Å². The van der Waals surface area contributed by atoms with Crippen molar-refractivity contribution in [3.8, 4) is 5.75 Å². The molecule has 1 fully saturated rings. The first-order valence-corrected chi connectivity index (χ1v) is 6.09. The van der Waals surface area contributed by atoms with E-state index in [9.17, 15) is 0 Å². The number of methoxy groups -OCH3 is 1. The third kappa shape index (κ3) is 2.79. The zero-order chi connectivity index (χ0) is 12.3. The molecule has 0 amide bonds. The summed E-state index contributed by atoms with van der Waals surface area (Å²) in [5.41, 5.74) is 7.46. The van der Waals surface area contributed by atoms with Crippen molar-refractivity contribution in [1.82, 2.24) is 0 Å². The Kier molecular flexibility index (Phi) is 3.69. The number of rotatable bonds is 5. The van der Waals surface area contributed by atoms with Crippen molar-refractivity contribution in [1.29, 1.82) is 0 Å². The van der Waals surface area contributed by atoms with Gasteiger partial charge in [-0.15, -0.1) is 0 Å². The Bertz CT molecular complexity index is 374. The molecule has 1 aromatic rings. The lowest BCUT2D eigenvalue weighted by molar-refractivity contribution is -0.108. The molecule has 3 heteroatoms. The average molecular weight is 235 g/mol. The van der Waals surface area contributed by atoms with E-state index in [1.54, 1.807) is 7.11 Å². The van der Waals surface area contributed by atoms with E-state index in [1.807, 2.05) is 12.1 Å². The summed E-state index contributed by atoms with van der Waals surface area (Å²) in [5, 5.41) is 0. The molecule has 1 aromatic carbocycles. The predicted molar refractivity (Wildman–Crippen MR) is 68.3 cm³/mol.